The van der Waals surface area contributed by atoms with Gasteiger partial charge < -0.3 is 20.1 Å². The molecule has 1 aromatic carbocycles. The molecule has 1 unspecified atom stereocenters. The first-order valence-electron chi connectivity index (χ1n) is 6.30. The van der Waals surface area contributed by atoms with Crippen LogP contribution in [0.3, 0.4) is 0 Å². The minimum absolute atomic E-state index is 0.0331. The summed E-state index contributed by atoms with van der Waals surface area (Å²) >= 11 is 3.45. The molecule has 0 spiro atoms. The van der Waals surface area contributed by atoms with Crippen molar-refractivity contribution >= 4 is 21.8 Å². The number of rotatable bonds is 6. The number of hydrogen-bond donors (Lipinski definition) is 1. The third-order valence-electron chi connectivity index (χ3n) is 2.69. The van der Waals surface area contributed by atoms with E-state index in [0.29, 0.717) is 11.5 Å². The molecule has 0 bridgehead atoms. The minimum atomic E-state index is -0.112. The van der Waals surface area contributed by atoms with Crippen molar-refractivity contribution in [1.82, 2.24) is 4.90 Å². The van der Waals surface area contributed by atoms with E-state index in [2.05, 4.69) is 15.9 Å². The molecule has 6 heteroatoms. The van der Waals surface area contributed by atoms with E-state index in [4.69, 9.17) is 15.2 Å². The van der Waals surface area contributed by atoms with Gasteiger partial charge >= 0.3 is 0 Å². The third-order valence-corrected chi connectivity index (χ3v) is 3.27. The topological polar surface area (TPSA) is 64.8 Å². The molecule has 0 heterocycles. The van der Waals surface area contributed by atoms with Crippen LogP contribution >= 0.6 is 15.9 Å². The molecule has 112 valence electrons. The van der Waals surface area contributed by atoms with Crippen molar-refractivity contribution in [3.05, 3.63) is 22.2 Å². The Kier molecular flexibility index (Phi) is 6.29. The maximum atomic E-state index is 11.6. The van der Waals surface area contributed by atoms with Gasteiger partial charge in [-0.15, -0.1) is 0 Å². The Balaban J connectivity index is 2.93. The Bertz CT molecular complexity index is 476. The second-order valence-corrected chi connectivity index (χ2v) is 5.72. The van der Waals surface area contributed by atoms with Crippen molar-refractivity contribution in [3.8, 4) is 11.5 Å². The third kappa shape index (κ3) is 4.68. The lowest BCUT2D eigenvalue weighted by molar-refractivity contribution is -0.130. The average Bonchev–Trinajstić information content (AvgIpc) is 2.35. The van der Waals surface area contributed by atoms with Crippen LogP contribution in [0.5, 0.6) is 11.5 Å². The van der Waals surface area contributed by atoms with Gasteiger partial charge in [-0.2, -0.15) is 0 Å². The number of methoxy groups -OCH3 is 1. The number of carbonyl (C=O) groups excluding carboxylic acids is 1. The van der Waals surface area contributed by atoms with E-state index in [1.54, 1.807) is 21.2 Å². The highest BCUT2D eigenvalue weighted by Gasteiger charge is 2.14. The average molecular weight is 345 g/mol. The second-order valence-electron chi connectivity index (χ2n) is 4.87. The first-order chi connectivity index (χ1) is 9.35. The minimum Gasteiger partial charge on any atom is -0.493 e. The van der Waals surface area contributed by atoms with Crippen LogP contribution in [0.15, 0.2) is 16.6 Å². The molecule has 0 aliphatic heterocycles. The Hall–Kier alpha value is -1.27. The van der Waals surface area contributed by atoms with Crippen molar-refractivity contribution in [3.63, 3.8) is 0 Å². The zero-order valence-corrected chi connectivity index (χ0v) is 13.9. The molecule has 0 saturated carbocycles. The predicted molar refractivity (Wildman–Crippen MR) is 82.2 cm³/mol. The largest absolute Gasteiger partial charge is 0.493 e. The molecule has 0 radical (unpaired) electrons. The number of halogens is 1. The molecular formula is C14H21BrN2O3. The highest BCUT2D eigenvalue weighted by Crippen LogP contribution is 2.36. The molecule has 0 aromatic heterocycles. The molecule has 20 heavy (non-hydrogen) atoms. The van der Waals surface area contributed by atoms with Crippen molar-refractivity contribution < 1.29 is 14.3 Å². The normalized spacial score (nSPS) is 11.9. The van der Waals surface area contributed by atoms with Crippen molar-refractivity contribution in [2.75, 3.05) is 27.8 Å². The Morgan fingerprint density at radius 1 is 1.45 bits per heavy atom. The maximum Gasteiger partial charge on any atom is 0.259 e. The molecule has 0 aliphatic carbocycles. The highest BCUT2D eigenvalue weighted by atomic mass is 79.9. The molecule has 5 nitrogen and oxygen atoms in total. The summed E-state index contributed by atoms with van der Waals surface area (Å²) in [4.78, 5) is 13.0. The van der Waals surface area contributed by atoms with Crippen LogP contribution in [-0.2, 0) is 11.2 Å². The molecular weight excluding hydrogens is 324 g/mol. The van der Waals surface area contributed by atoms with Crippen LogP contribution in [0.4, 0.5) is 0 Å². The zero-order chi connectivity index (χ0) is 15.3. The van der Waals surface area contributed by atoms with Crippen LogP contribution in [0, 0.1) is 0 Å². The second kappa shape index (κ2) is 7.50. The fourth-order valence-electron chi connectivity index (χ4n) is 1.67. The number of carbonyl (C=O) groups is 1. The number of ether oxygens (including phenoxy) is 2. The van der Waals surface area contributed by atoms with Gasteiger partial charge in [0, 0.05) is 20.1 Å². The van der Waals surface area contributed by atoms with Gasteiger partial charge in [0.25, 0.3) is 5.91 Å². The van der Waals surface area contributed by atoms with Gasteiger partial charge in [0.1, 0.15) is 0 Å². The number of nitrogens with zero attached hydrogens (tertiary/aromatic N) is 1. The Morgan fingerprint density at radius 3 is 2.60 bits per heavy atom. The summed E-state index contributed by atoms with van der Waals surface area (Å²) in [5.41, 5.74) is 6.85. The molecule has 1 rings (SSSR count). The molecule has 1 atom stereocenters. The summed E-state index contributed by atoms with van der Waals surface area (Å²) in [6.07, 6.45) is 0.742. The standard InChI is InChI=1S/C14H21BrN2O3/c1-9(16)5-10-6-11(15)14(12(7-10)19-4)20-8-13(18)17(2)3/h6-7,9H,5,8,16H2,1-4H3. The summed E-state index contributed by atoms with van der Waals surface area (Å²) in [5.74, 6) is 0.997. The lowest BCUT2D eigenvalue weighted by atomic mass is 10.1. The van der Waals surface area contributed by atoms with Crippen molar-refractivity contribution in [2.45, 2.75) is 19.4 Å². The van der Waals surface area contributed by atoms with E-state index in [9.17, 15) is 4.79 Å². The van der Waals surface area contributed by atoms with Crippen LogP contribution in [0.25, 0.3) is 0 Å². The van der Waals surface area contributed by atoms with E-state index in [0.717, 1.165) is 16.5 Å². The van der Waals surface area contributed by atoms with Gasteiger partial charge in [0.15, 0.2) is 18.1 Å². The van der Waals surface area contributed by atoms with Gasteiger partial charge in [0.2, 0.25) is 0 Å². The number of nitrogens with two attached hydrogens (primary N) is 1. The number of amides is 1. The quantitative estimate of drug-likeness (QED) is 0.854. The fourth-order valence-corrected chi connectivity index (χ4v) is 2.27. The van der Waals surface area contributed by atoms with Gasteiger partial charge in [-0.05, 0) is 47.0 Å². The molecule has 1 aromatic rings. The number of likely N-dealkylation sites (N-methyl/N-ethyl adjacent to an activating group) is 1. The summed E-state index contributed by atoms with van der Waals surface area (Å²) in [6.45, 7) is 1.91. The lowest BCUT2D eigenvalue weighted by Gasteiger charge is -2.16. The lowest BCUT2D eigenvalue weighted by Crippen LogP contribution is -2.27. The molecule has 0 aliphatic rings. The van der Waals surface area contributed by atoms with E-state index in [1.807, 2.05) is 19.1 Å². The maximum absolute atomic E-state index is 11.6. The zero-order valence-electron chi connectivity index (χ0n) is 12.3. The van der Waals surface area contributed by atoms with E-state index in [1.165, 1.54) is 4.90 Å². The van der Waals surface area contributed by atoms with Crippen LogP contribution in [-0.4, -0.2) is 44.7 Å². The number of hydrogen-bond acceptors (Lipinski definition) is 4. The van der Waals surface area contributed by atoms with Crippen LogP contribution < -0.4 is 15.2 Å². The summed E-state index contributed by atoms with van der Waals surface area (Å²) in [6, 6.07) is 3.87. The van der Waals surface area contributed by atoms with Gasteiger partial charge in [-0.25, -0.2) is 0 Å². The predicted octanol–water partition coefficient (Wildman–Crippen LogP) is 1.81. The fraction of sp³-hybridized carbons (Fsp3) is 0.500. The van der Waals surface area contributed by atoms with Crippen LogP contribution in [0.1, 0.15) is 12.5 Å². The SMILES string of the molecule is COc1cc(CC(C)N)cc(Br)c1OCC(=O)N(C)C. The molecule has 0 fully saturated rings. The first-order valence-corrected chi connectivity index (χ1v) is 7.09. The van der Waals surface area contributed by atoms with Gasteiger partial charge in [0.05, 0.1) is 11.6 Å². The molecule has 2 N–H and O–H groups in total. The van der Waals surface area contributed by atoms with E-state index >= 15 is 0 Å². The first kappa shape index (κ1) is 16.8. The monoisotopic (exact) mass is 344 g/mol. The smallest absolute Gasteiger partial charge is 0.259 e. The van der Waals surface area contributed by atoms with Crippen molar-refractivity contribution in [2.24, 2.45) is 5.73 Å². The van der Waals surface area contributed by atoms with Gasteiger partial charge in [-0.3, -0.25) is 4.79 Å². The summed E-state index contributed by atoms with van der Waals surface area (Å²) in [5, 5.41) is 0. The van der Waals surface area contributed by atoms with E-state index in [-0.39, 0.29) is 18.6 Å². The Labute approximate surface area is 128 Å². The molecule has 0 saturated heterocycles. The van der Waals surface area contributed by atoms with Crippen molar-refractivity contribution in [1.29, 1.82) is 0 Å². The summed E-state index contributed by atoms with van der Waals surface area (Å²) in [7, 11) is 4.94. The van der Waals surface area contributed by atoms with Gasteiger partial charge in [-0.1, -0.05) is 0 Å². The van der Waals surface area contributed by atoms with E-state index < -0.39 is 0 Å². The number of benzene rings is 1. The van der Waals surface area contributed by atoms with Crippen LogP contribution in [0.2, 0.25) is 0 Å². The Morgan fingerprint density at radius 2 is 2.10 bits per heavy atom. The summed E-state index contributed by atoms with van der Waals surface area (Å²) < 4.78 is 11.6. The molecule has 1 amide bonds. The highest BCUT2D eigenvalue weighted by molar-refractivity contribution is 9.10.